The molecule has 0 aliphatic heterocycles. The van der Waals surface area contributed by atoms with Crippen molar-refractivity contribution in [2.75, 3.05) is 17.2 Å². The molecule has 0 bridgehead atoms. The molecule has 2 aromatic rings. The van der Waals surface area contributed by atoms with Gasteiger partial charge in [-0.25, -0.2) is 4.39 Å². The van der Waals surface area contributed by atoms with Crippen LogP contribution in [0.5, 0.6) is 0 Å². The summed E-state index contributed by atoms with van der Waals surface area (Å²) in [5.41, 5.74) is 0.564. The van der Waals surface area contributed by atoms with E-state index < -0.39 is 11.7 Å². The zero-order valence-corrected chi connectivity index (χ0v) is 13.5. The summed E-state index contributed by atoms with van der Waals surface area (Å²) in [6, 6.07) is 7.23. The van der Waals surface area contributed by atoms with Crippen molar-refractivity contribution in [3.05, 3.63) is 46.9 Å². The number of nitrogens with one attached hydrogen (secondary N) is 2. The van der Waals surface area contributed by atoms with Crippen molar-refractivity contribution < 1.29 is 9.18 Å². The van der Waals surface area contributed by atoms with Crippen molar-refractivity contribution in [3.8, 4) is 0 Å². The summed E-state index contributed by atoms with van der Waals surface area (Å²) >= 11 is 5.67. The van der Waals surface area contributed by atoms with Gasteiger partial charge >= 0.3 is 0 Å². The van der Waals surface area contributed by atoms with Crippen LogP contribution in [0.1, 0.15) is 36.7 Å². The monoisotopic (exact) mass is 336 g/mol. The van der Waals surface area contributed by atoms with Crippen LogP contribution in [-0.2, 0) is 0 Å². The summed E-state index contributed by atoms with van der Waals surface area (Å²) in [6.45, 7) is 2.96. The summed E-state index contributed by atoms with van der Waals surface area (Å²) in [5.74, 6) is -0.344. The zero-order valence-electron chi connectivity index (χ0n) is 12.8. The SMILES string of the molecule is CCCCCNc1ccc(C(=O)Nc2ccc(F)c(Cl)c2)nn1. The molecular weight excluding hydrogens is 319 g/mol. The largest absolute Gasteiger partial charge is 0.369 e. The third-order valence-electron chi connectivity index (χ3n) is 3.16. The highest BCUT2D eigenvalue weighted by Gasteiger charge is 2.10. The molecule has 0 unspecified atom stereocenters. The minimum Gasteiger partial charge on any atom is -0.369 e. The predicted octanol–water partition coefficient (Wildman–Crippen LogP) is 4.12. The second-order valence-corrected chi connectivity index (χ2v) is 5.43. The second-order valence-electron chi connectivity index (χ2n) is 5.02. The molecule has 0 aliphatic rings. The molecule has 7 heteroatoms. The van der Waals surface area contributed by atoms with Gasteiger partial charge in [-0.1, -0.05) is 31.4 Å². The molecule has 0 fully saturated rings. The van der Waals surface area contributed by atoms with Gasteiger partial charge in [0.1, 0.15) is 11.6 Å². The van der Waals surface area contributed by atoms with Crippen molar-refractivity contribution >= 4 is 29.0 Å². The molecule has 23 heavy (non-hydrogen) atoms. The number of nitrogens with zero attached hydrogens (tertiary/aromatic N) is 2. The first-order valence-corrected chi connectivity index (χ1v) is 7.82. The smallest absolute Gasteiger partial charge is 0.276 e. The van der Waals surface area contributed by atoms with Gasteiger partial charge < -0.3 is 10.6 Å². The average molecular weight is 337 g/mol. The Morgan fingerprint density at radius 1 is 1.22 bits per heavy atom. The van der Waals surface area contributed by atoms with Crippen LogP contribution in [0.4, 0.5) is 15.9 Å². The van der Waals surface area contributed by atoms with E-state index in [1.807, 2.05) is 0 Å². The molecular formula is C16H18ClFN4O. The highest BCUT2D eigenvalue weighted by Crippen LogP contribution is 2.19. The van der Waals surface area contributed by atoms with Crippen molar-refractivity contribution in [3.63, 3.8) is 0 Å². The van der Waals surface area contributed by atoms with Gasteiger partial charge in [0, 0.05) is 12.2 Å². The summed E-state index contributed by atoms with van der Waals surface area (Å²) in [5, 5.41) is 13.5. The molecule has 5 nitrogen and oxygen atoms in total. The van der Waals surface area contributed by atoms with E-state index in [-0.39, 0.29) is 10.7 Å². The van der Waals surface area contributed by atoms with Gasteiger partial charge in [0.05, 0.1) is 5.02 Å². The van der Waals surface area contributed by atoms with Crippen molar-refractivity contribution in [2.45, 2.75) is 26.2 Å². The first-order chi connectivity index (χ1) is 11.1. The first-order valence-electron chi connectivity index (χ1n) is 7.44. The summed E-state index contributed by atoms with van der Waals surface area (Å²) in [4.78, 5) is 12.0. The van der Waals surface area contributed by atoms with Crippen molar-refractivity contribution in [2.24, 2.45) is 0 Å². The van der Waals surface area contributed by atoms with E-state index in [2.05, 4.69) is 27.8 Å². The molecule has 1 amide bonds. The minimum atomic E-state index is -0.539. The number of benzene rings is 1. The quantitative estimate of drug-likeness (QED) is 0.746. The molecule has 1 heterocycles. The van der Waals surface area contributed by atoms with Gasteiger partial charge in [-0.2, -0.15) is 0 Å². The van der Waals surface area contributed by atoms with Crippen LogP contribution in [0, 0.1) is 5.82 Å². The highest BCUT2D eigenvalue weighted by atomic mass is 35.5. The van der Waals surface area contributed by atoms with Crippen molar-refractivity contribution in [1.82, 2.24) is 10.2 Å². The second kappa shape index (κ2) is 8.43. The van der Waals surface area contributed by atoms with E-state index in [1.165, 1.54) is 18.2 Å². The number of unbranched alkanes of at least 4 members (excludes halogenated alkanes) is 2. The fourth-order valence-corrected chi connectivity index (χ4v) is 2.09. The van der Waals surface area contributed by atoms with Crippen molar-refractivity contribution in [1.29, 1.82) is 0 Å². The van der Waals surface area contributed by atoms with Gasteiger partial charge in [-0.15, -0.1) is 10.2 Å². The van der Waals surface area contributed by atoms with Gasteiger partial charge in [-0.05, 0) is 36.8 Å². The molecule has 0 aliphatic carbocycles. The average Bonchev–Trinajstić information content (AvgIpc) is 2.55. The summed E-state index contributed by atoms with van der Waals surface area (Å²) < 4.78 is 13.1. The van der Waals surface area contributed by atoms with Crippen LogP contribution >= 0.6 is 11.6 Å². The van der Waals surface area contributed by atoms with E-state index >= 15 is 0 Å². The van der Waals surface area contributed by atoms with Gasteiger partial charge in [0.2, 0.25) is 0 Å². The number of rotatable bonds is 7. The molecule has 122 valence electrons. The predicted molar refractivity (Wildman–Crippen MR) is 89.4 cm³/mol. The number of halogens is 2. The van der Waals surface area contributed by atoms with Crippen LogP contribution in [0.15, 0.2) is 30.3 Å². The van der Waals surface area contributed by atoms with Gasteiger partial charge in [0.25, 0.3) is 5.91 Å². The van der Waals surface area contributed by atoms with Crippen LogP contribution < -0.4 is 10.6 Å². The maximum atomic E-state index is 13.1. The van der Waals surface area contributed by atoms with Crippen LogP contribution in [0.2, 0.25) is 5.02 Å². The first kappa shape index (κ1) is 17.1. The van der Waals surface area contributed by atoms with Crippen LogP contribution in [0.3, 0.4) is 0 Å². The number of carbonyl (C=O) groups is 1. The Labute approximate surface area is 139 Å². The molecule has 1 aromatic carbocycles. The van der Waals surface area contributed by atoms with Gasteiger partial charge in [0.15, 0.2) is 5.69 Å². The summed E-state index contributed by atoms with van der Waals surface area (Å²) in [6.07, 6.45) is 3.37. The van der Waals surface area contributed by atoms with Crippen LogP contribution in [0.25, 0.3) is 0 Å². The number of hydrogen-bond acceptors (Lipinski definition) is 4. The van der Waals surface area contributed by atoms with E-state index in [0.29, 0.717) is 11.5 Å². The standard InChI is InChI=1S/C16H18ClFN4O/c1-2-3-4-9-19-15-8-7-14(21-22-15)16(23)20-11-5-6-13(18)12(17)10-11/h5-8,10H,2-4,9H2,1H3,(H,19,22)(H,20,23). The maximum Gasteiger partial charge on any atom is 0.276 e. The number of amides is 1. The Bertz CT molecular complexity index is 664. The molecule has 2 N–H and O–H groups in total. The minimum absolute atomic E-state index is 0.0551. The summed E-state index contributed by atoms with van der Waals surface area (Å²) in [7, 11) is 0. The van der Waals surface area contributed by atoms with E-state index in [1.54, 1.807) is 12.1 Å². The number of aromatic nitrogens is 2. The Kier molecular flexibility index (Phi) is 6.29. The topological polar surface area (TPSA) is 66.9 Å². The molecule has 2 rings (SSSR count). The molecule has 0 radical (unpaired) electrons. The highest BCUT2D eigenvalue weighted by molar-refractivity contribution is 6.31. The molecule has 0 spiro atoms. The normalized spacial score (nSPS) is 10.4. The Balaban J connectivity index is 1.93. The lowest BCUT2D eigenvalue weighted by Crippen LogP contribution is -2.15. The zero-order chi connectivity index (χ0) is 16.7. The van der Waals surface area contributed by atoms with E-state index in [9.17, 15) is 9.18 Å². The van der Waals surface area contributed by atoms with Crippen LogP contribution in [-0.4, -0.2) is 22.6 Å². The van der Waals surface area contributed by atoms with E-state index in [0.717, 1.165) is 25.8 Å². The Hall–Kier alpha value is -2.21. The lowest BCUT2D eigenvalue weighted by molar-refractivity contribution is 0.102. The van der Waals surface area contributed by atoms with Gasteiger partial charge in [-0.3, -0.25) is 4.79 Å². The molecule has 0 saturated heterocycles. The fraction of sp³-hybridized carbons (Fsp3) is 0.312. The molecule has 0 saturated carbocycles. The van der Waals surface area contributed by atoms with E-state index in [4.69, 9.17) is 11.6 Å². The number of hydrogen-bond donors (Lipinski definition) is 2. The third kappa shape index (κ3) is 5.17. The molecule has 1 aromatic heterocycles. The molecule has 0 atom stereocenters. The Morgan fingerprint density at radius 2 is 2.04 bits per heavy atom. The number of carbonyl (C=O) groups excluding carboxylic acids is 1. The number of anilines is 2. The third-order valence-corrected chi connectivity index (χ3v) is 3.45. The lowest BCUT2D eigenvalue weighted by Gasteiger charge is -2.07. The lowest BCUT2D eigenvalue weighted by atomic mass is 10.2. The Morgan fingerprint density at radius 3 is 2.70 bits per heavy atom. The maximum absolute atomic E-state index is 13.1. The fourth-order valence-electron chi connectivity index (χ4n) is 1.91.